The lowest BCUT2D eigenvalue weighted by Gasteiger charge is -2.36. The molecule has 0 bridgehead atoms. The first kappa shape index (κ1) is 17.1. The summed E-state index contributed by atoms with van der Waals surface area (Å²) in [7, 11) is -3.45. The molecule has 0 aliphatic carbocycles. The molecule has 4 rings (SSSR count). The Kier molecular flexibility index (Phi) is 4.42. The van der Waals surface area contributed by atoms with Crippen molar-refractivity contribution in [1.29, 1.82) is 0 Å². The van der Waals surface area contributed by atoms with Crippen LogP contribution >= 0.6 is 0 Å². The van der Waals surface area contributed by atoms with Crippen LogP contribution in [0.5, 0.6) is 0 Å². The van der Waals surface area contributed by atoms with Crippen LogP contribution in [0.25, 0.3) is 0 Å². The lowest BCUT2D eigenvalue weighted by Crippen LogP contribution is -2.42. The number of hydrogen-bond donors (Lipinski definition) is 0. The monoisotopic (exact) mass is 366 g/mol. The van der Waals surface area contributed by atoms with Crippen molar-refractivity contribution >= 4 is 10.0 Å². The van der Waals surface area contributed by atoms with Gasteiger partial charge in [-0.2, -0.15) is 4.31 Å². The summed E-state index contributed by atoms with van der Waals surface area (Å²) in [4.78, 5) is 0. The van der Waals surface area contributed by atoms with Gasteiger partial charge in [0.1, 0.15) is 0 Å². The first-order valence-corrected chi connectivity index (χ1v) is 10.4. The van der Waals surface area contributed by atoms with Crippen LogP contribution in [0.2, 0.25) is 0 Å². The summed E-state index contributed by atoms with van der Waals surface area (Å²) < 4.78 is 30.4. The molecule has 5 heteroatoms. The van der Waals surface area contributed by atoms with Crippen molar-refractivity contribution < 1.29 is 8.42 Å². The molecular formula is C21H22N2O2S. The van der Waals surface area contributed by atoms with Crippen LogP contribution in [-0.4, -0.2) is 23.8 Å². The second-order valence-electron chi connectivity index (χ2n) is 6.80. The van der Waals surface area contributed by atoms with Crippen molar-refractivity contribution in [2.45, 2.75) is 25.3 Å². The Balaban J connectivity index is 1.74. The van der Waals surface area contributed by atoms with Crippen molar-refractivity contribution in [3.63, 3.8) is 0 Å². The highest BCUT2D eigenvalue weighted by molar-refractivity contribution is 7.88. The Bertz CT molecular complexity index is 1010. The van der Waals surface area contributed by atoms with E-state index in [9.17, 15) is 8.42 Å². The van der Waals surface area contributed by atoms with E-state index in [0.29, 0.717) is 13.1 Å². The molecule has 0 saturated heterocycles. The van der Waals surface area contributed by atoms with E-state index in [1.54, 1.807) is 4.31 Å². The van der Waals surface area contributed by atoms with Crippen molar-refractivity contribution in [3.05, 3.63) is 95.3 Å². The van der Waals surface area contributed by atoms with Gasteiger partial charge in [-0.25, -0.2) is 8.42 Å². The van der Waals surface area contributed by atoms with Gasteiger partial charge in [-0.05, 0) is 30.2 Å². The van der Waals surface area contributed by atoms with Crippen molar-refractivity contribution in [2.75, 3.05) is 6.54 Å². The molecule has 0 fully saturated rings. The number of sulfonamides is 1. The summed E-state index contributed by atoms with van der Waals surface area (Å²) >= 11 is 0. The zero-order valence-electron chi connectivity index (χ0n) is 14.7. The number of aromatic nitrogens is 1. The average Bonchev–Trinajstić information content (AvgIpc) is 3.10. The van der Waals surface area contributed by atoms with Crippen molar-refractivity contribution in [2.24, 2.45) is 0 Å². The predicted molar refractivity (Wildman–Crippen MR) is 103 cm³/mol. The van der Waals surface area contributed by atoms with E-state index >= 15 is 0 Å². The van der Waals surface area contributed by atoms with Crippen molar-refractivity contribution in [3.8, 4) is 0 Å². The van der Waals surface area contributed by atoms with Gasteiger partial charge in [-0.1, -0.05) is 60.2 Å². The highest BCUT2D eigenvalue weighted by Gasteiger charge is 2.36. The molecule has 2 aromatic carbocycles. The fourth-order valence-corrected chi connectivity index (χ4v) is 5.41. The Labute approximate surface area is 154 Å². The van der Waals surface area contributed by atoms with Gasteiger partial charge in [-0.3, -0.25) is 0 Å². The largest absolute Gasteiger partial charge is 0.348 e. The van der Waals surface area contributed by atoms with Crippen LogP contribution in [0.4, 0.5) is 0 Å². The van der Waals surface area contributed by atoms with Gasteiger partial charge in [0.25, 0.3) is 0 Å². The summed E-state index contributed by atoms with van der Waals surface area (Å²) in [6.45, 7) is 3.14. The highest BCUT2D eigenvalue weighted by atomic mass is 32.2. The smallest absolute Gasteiger partial charge is 0.219 e. The van der Waals surface area contributed by atoms with Crippen LogP contribution in [-0.2, 0) is 22.3 Å². The molecule has 1 atom stereocenters. The second-order valence-corrected chi connectivity index (χ2v) is 8.72. The molecule has 1 aliphatic rings. The zero-order chi connectivity index (χ0) is 18.1. The van der Waals surface area contributed by atoms with E-state index in [1.807, 2.05) is 79.9 Å². The first-order valence-electron chi connectivity index (χ1n) is 8.80. The molecule has 134 valence electrons. The Hall–Kier alpha value is -2.37. The molecule has 3 aromatic rings. The molecule has 26 heavy (non-hydrogen) atoms. The van der Waals surface area contributed by atoms with E-state index in [2.05, 4.69) is 4.57 Å². The molecule has 1 aliphatic heterocycles. The third kappa shape index (κ3) is 3.20. The average molecular weight is 366 g/mol. The van der Waals surface area contributed by atoms with Crippen molar-refractivity contribution in [1.82, 2.24) is 8.87 Å². The number of benzene rings is 2. The van der Waals surface area contributed by atoms with E-state index in [1.165, 1.54) is 0 Å². The van der Waals surface area contributed by atoms with Crippen LogP contribution in [0.1, 0.15) is 28.4 Å². The van der Waals surface area contributed by atoms with Crippen LogP contribution in [0.3, 0.4) is 0 Å². The molecule has 0 amide bonds. The first-order chi connectivity index (χ1) is 12.5. The minimum atomic E-state index is -3.45. The second kappa shape index (κ2) is 6.74. The standard InChI is InChI=1S/C21H22N2O2S/c1-17-7-5-8-18(15-17)16-26(24,25)23-14-13-22-12-6-11-20(22)21(23)19-9-3-2-4-10-19/h2-12,15,21H,13-14,16H2,1H3. The summed E-state index contributed by atoms with van der Waals surface area (Å²) in [5.41, 5.74) is 3.93. The number of nitrogens with zero attached hydrogens (tertiary/aromatic N) is 2. The fourth-order valence-electron chi connectivity index (χ4n) is 3.73. The Morgan fingerprint density at radius 3 is 2.54 bits per heavy atom. The minimum absolute atomic E-state index is 0.0265. The summed E-state index contributed by atoms with van der Waals surface area (Å²) in [6, 6.07) is 21.3. The third-order valence-corrected chi connectivity index (χ3v) is 6.70. The highest BCUT2D eigenvalue weighted by Crippen LogP contribution is 2.35. The SMILES string of the molecule is Cc1cccc(CS(=O)(=O)N2CCn3cccc3C2c2ccccc2)c1. The lowest BCUT2D eigenvalue weighted by atomic mass is 10.0. The molecule has 0 spiro atoms. The molecule has 1 aromatic heterocycles. The number of hydrogen-bond acceptors (Lipinski definition) is 2. The Morgan fingerprint density at radius 1 is 0.962 bits per heavy atom. The number of fused-ring (bicyclic) bond motifs is 1. The predicted octanol–water partition coefficient (Wildman–Crippen LogP) is 3.73. The summed E-state index contributed by atoms with van der Waals surface area (Å²) in [5.74, 6) is 0.0265. The van der Waals surface area contributed by atoms with Gasteiger partial charge >= 0.3 is 0 Å². The van der Waals surface area contributed by atoms with Gasteiger partial charge in [0.15, 0.2) is 0 Å². The van der Waals surface area contributed by atoms with Crippen LogP contribution < -0.4 is 0 Å². The van der Waals surface area contributed by atoms with E-state index < -0.39 is 10.0 Å². The van der Waals surface area contributed by atoms with Gasteiger partial charge < -0.3 is 4.57 Å². The molecular weight excluding hydrogens is 344 g/mol. The van der Waals surface area contributed by atoms with Gasteiger partial charge in [0.2, 0.25) is 10.0 Å². The maximum Gasteiger partial charge on any atom is 0.219 e. The normalized spacial score (nSPS) is 17.8. The van der Waals surface area contributed by atoms with E-state index in [-0.39, 0.29) is 11.8 Å². The summed E-state index contributed by atoms with van der Waals surface area (Å²) in [6.07, 6.45) is 2.02. The number of aryl methyl sites for hydroxylation is 1. The molecule has 0 saturated carbocycles. The van der Waals surface area contributed by atoms with Crippen LogP contribution in [0, 0.1) is 6.92 Å². The van der Waals surface area contributed by atoms with Crippen LogP contribution in [0.15, 0.2) is 72.9 Å². The van der Waals surface area contributed by atoms with E-state index in [4.69, 9.17) is 0 Å². The molecule has 0 radical (unpaired) electrons. The number of rotatable bonds is 4. The van der Waals surface area contributed by atoms with Gasteiger partial charge in [0, 0.05) is 25.0 Å². The molecule has 1 unspecified atom stereocenters. The third-order valence-electron chi connectivity index (χ3n) is 4.90. The molecule has 0 N–H and O–H groups in total. The topological polar surface area (TPSA) is 42.3 Å². The summed E-state index contributed by atoms with van der Waals surface area (Å²) in [5, 5.41) is 0. The molecule has 2 heterocycles. The van der Waals surface area contributed by atoms with E-state index in [0.717, 1.165) is 22.4 Å². The fraction of sp³-hybridized carbons (Fsp3) is 0.238. The zero-order valence-corrected chi connectivity index (χ0v) is 15.6. The maximum atomic E-state index is 13.3. The Morgan fingerprint density at radius 2 is 1.77 bits per heavy atom. The van der Waals surface area contributed by atoms with Gasteiger partial charge in [0.05, 0.1) is 11.8 Å². The van der Waals surface area contributed by atoms with Gasteiger partial charge in [-0.15, -0.1) is 0 Å². The minimum Gasteiger partial charge on any atom is -0.348 e. The lowest BCUT2D eigenvalue weighted by molar-refractivity contribution is 0.298. The maximum absolute atomic E-state index is 13.3. The molecule has 4 nitrogen and oxygen atoms in total. The quantitative estimate of drug-likeness (QED) is 0.706.